The SMILES string of the molecule is CSCC[C@H](NC(=O)CNC(=O)[C@H](CC(C)C)NC(=O)[C@@H]1CCCN1C(=O)CNC(=O)[C@H](Cc1cnc[nH]1)NC(=O)[C@@H](N)CC(C)C)C(=O)NCC(=O)N1CCC[C@H]1C(=O)N[C@@H](CC(C)C)C(=O)NCC(=O)N1CCC[C@H]1C(=O)N[C@@H](CCCCN)C(=O)N[C@@H](CC(C)C)C(=O)N[C@@H](CC(C)C)C(=O)N[C@@H](CCCCN)C(=O)N[C@H](C(=O)O)C(C)C. The minimum Gasteiger partial charge on any atom is -0.480 e. The molecule has 1 aromatic heterocycles. The second kappa shape index (κ2) is 53.4. The standard InChI is InChI=1S/C81H139N21O18S/c1-45(2)33-52(84)69(107)94-60(38-51-39-85-44-90-51)73(111)89-43-67(106)102-31-20-24-62(102)79(117)97-56(34-46(3)4)71(109)86-40-64(103)91-55(26-32-121-13)70(108)87-41-65(104)101-30-19-25-63(101)80(118)98-57(35-47(5)6)72(110)88-42-66(105)100-29-18-23-61(100)78(116)93-53(21-14-16-27-82)74(112)95-59(37-49(9)10)77(115)96-58(36-48(7)8)76(114)92-54(22-15-17-28-83)75(113)99-68(50(11)12)81(119)120/h39,44-50,52-63,68H,14-38,40-43,82-84H2,1-13H3,(H,85,90)(H,86,109)(H,87,108)(H,88,110)(H,89,111)(H,91,103)(H,92,114)(H,93,116)(H,94,107)(H,95,112)(H,96,115)(H,97,117)(H,98,118)(H,99,113)(H,119,120)/t52-,53-,54-,55-,56-,57-,58-,59-,60-,61-,62-,63-,68-/m0/s1. The fourth-order valence-corrected chi connectivity index (χ4v) is 15.1. The molecule has 121 heavy (non-hydrogen) atoms. The maximum Gasteiger partial charge on any atom is 0.326 e. The zero-order chi connectivity index (χ0) is 90.3. The highest BCUT2D eigenvalue weighted by Gasteiger charge is 2.42. The number of hydrogen-bond acceptors (Lipinski definition) is 22. The van der Waals surface area contributed by atoms with Gasteiger partial charge < -0.3 is 111 Å². The zero-order valence-corrected chi connectivity index (χ0v) is 73.8. The number of unbranched alkanes of at least 4 members (excludes halogenated alkanes) is 2. The summed E-state index contributed by atoms with van der Waals surface area (Å²) in [6.45, 7) is 20.4. The fourth-order valence-electron chi connectivity index (χ4n) is 14.7. The highest BCUT2D eigenvalue weighted by atomic mass is 32.2. The van der Waals surface area contributed by atoms with Gasteiger partial charge in [0.15, 0.2) is 0 Å². The van der Waals surface area contributed by atoms with Crippen LogP contribution in [0.25, 0.3) is 0 Å². The number of aromatic amines is 1. The molecule has 21 N–H and O–H groups in total. The molecule has 0 bridgehead atoms. The number of carboxylic acids is 1. The molecule has 3 aliphatic heterocycles. The van der Waals surface area contributed by atoms with Gasteiger partial charge >= 0.3 is 5.97 Å². The Morgan fingerprint density at radius 2 is 0.769 bits per heavy atom. The number of amides is 16. The Bertz CT molecular complexity index is 3610. The smallest absolute Gasteiger partial charge is 0.326 e. The molecule has 4 rings (SSSR count). The van der Waals surface area contributed by atoms with Crippen molar-refractivity contribution in [2.24, 2.45) is 52.7 Å². The van der Waals surface area contributed by atoms with Crippen LogP contribution in [-0.4, -0.2) is 280 Å². The van der Waals surface area contributed by atoms with Gasteiger partial charge in [0.1, 0.15) is 72.5 Å². The number of aromatic nitrogens is 2. The van der Waals surface area contributed by atoms with Crippen molar-refractivity contribution in [1.29, 1.82) is 0 Å². The van der Waals surface area contributed by atoms with Crippen molar-refractivity contribution in [3.05, 3.63) is 18.2 Å². The van der Waals surface area contributed by atoms with Crippen molar-refractivity contribution in [3.63, 3.8) is 0 Å². The topological polar surface area (TPSA) is 583 Å². The van der Waals surface area contributed by atoms with Crippen molar-refractivity contribution in [2.75, 3.05) is 70.9 Å². The second-order valence-corrected chi connectivity index (χ2v) is 35.1. The van der Waals surface area contributed by atoms with Crippen molar-refractivity contribution in [3.8, 4) is 0 Å². The van der Waals surface area contributed by atoms with Gasteiger partial charge in [-0.1, -0.05) is 83.1 Å². The molecule has 3 aliphatic rings. The van der Waals surface area contributed by atoms with Crippen molar-refractivity contribution < 1.29 is 86.6 Å². The molecule has 40 heteroatoms. The summed E-state index contributed by atoms with van der Waals surface area (Å²) in [5.41, 5.74) is 18.2. The summed E-state index contributed by atoms with van der Waals surface area (Å²) in [7, 11) is 0. The third-order valence-corrected chi connectivity index (χ3v) is 21.6. The largest absolute Gasteiger partial charge is 0.480 e. The third kappa shape index (κ3) is 36.2. The van der Waals surface area contributed by atoms with Crippen molar-refractivity contribution >= 4 is 112 Å². The summed E-state index contributed by atoms with van der Waals surface area (Å²) in [6, 6.07) is -14.8. The van der Waals surface area contributed by atoms with Crippen LogP contribution >= 0.6 is 11.8 Å². The normalized spacial score (nSPS) is 17.7. The Balaban J connectivity index is 1.35. The van der Waals surface area contributed by atoms with E-state index in [9.17, 15) is 86.6 Å². The first-order valence-corrected chi connectivity index (χ1v) is 44.2. The Morgan fingerprint density at radius 3 is 1.14 bits per heavy atom. The minimum absolute atomic E-state index is 0.0193. The van der Waals surface area contributed by atoms with E-state index in [1.54, 1.807) is 20.1 Å². The lowest BCUT2D eigenvalue weighted by Gasteiger charge is -2.29. The molecular weight excluding hydrogens is 1590 g/mol. The quantitative estimate of drug-likeness (QED) is 0.0316. The van der Waals surface area contributed by atoms with E-state index in [1.807, 2.05) is 69.2 Å². The number of hydrogen-bond donors (Lipinski definition) is 18. The van der Waals surface area contributed by atoms with Crippen LogP contribution in [0, 0.1) is 35.5 Å². The lowest BCUT2D eigenvalue weighted by Crippen LogP contribution is -2.60. The Labute approximate surface area is 714 Å². The van der Waals surface area contributed by atoms with Gasteiger partial charge in [-0.2, -0.15) is 11.8 Å². The van der Waals surface area contributed by atoms with E-state index in [0.29, 0.717) is 69.4 Å². The summed E-state index contributed by atoms with van der Waals surface area (Å²) >= 11 is 1.38. The number of likely N-dealkylation sites (tertiary alicyclic amines) is 3. The number of nitrogens with zero attached hydrogens (tertiary/aromatic N) is 4. The molecule has 0 aliphatic carbocycles. The summed E-state index contributed by atoms with van der Waals surface area (Å²) in [6.07, 6.45) is 9.52. The first kappa shape index (κ1) is 104. The number of nitrogens with two attached hydrogens (primary N) is 3. The van der Waals surface area contributed by atoms with Gasteiger partial charge in [-0.05, 0) is 176 Å². The molecule has 0 aromatic carbocycles. The number of nitrogens with one attached hydrogen (secondary N) is 14. The number of rotatable bonds is 54. The molecule has 3 saturated heterocycles. The monoisotopic (exact) mass is 1730 g/mol. The van der Waals surface area contributed by atoms with Gasteiger partial charge in [0.05, 0.1) is 38.5 Å². The van der Waals surface area contributed by atoms with Crippen LogP contribution in [0.2, 0.25) is 0 Å². The van der Waals surface area contributed by atoms with Gasteiger partial charge in [-0.3, -0.25) is 76.7 Å². The van der Waals surface area contributed by atoms with E-state index < -0.39 is 211 Å². The predicted octanol–water partition coefficient (Wildman–Crippen LogP) is -1.94. The second-order valence-electron chi connectivity index (χ2n) is 34.1. The summed E-state index contributed by atoms with van der Waals surface area (Å²) in [5.74, 6) is -12.8. The molecule has 3 fully saturated rings. The number of aliphatic carboxylic acids is 1. The van der Waals surface area contributed by atoms with Crippen LogP contribution in [0.5, 0.6) is 0 Å². The molecule has 13 atom stereocenters. The number of imidazole rings is 1. The molecule has 4 heterocycles. The van der Waals surface area contributed by atoms with Crippen LogP contribution in [0.1, 0.15) is 204 Å². The van der Waals surface area contributed by atoms with Crippen LogP contribution in [-0.2, 0) is 87.9 Å². The predicted molar refractivity (Wildman–Crippen MR) is 452 cm³/mol. The molecule has 0 radical (unpaired) electrons. The lowest BCUT2D eigenvalue weighted by atomic mass is 9.98. The van der Waals surface area contributed by atoms with E-state index in [-0.39, 0.29) is 126 Å². The van der Waals surface area contributed by atoms with Gasteiger partial charge in [0.2, 0.25) is 94.5 Å². The Morgan fingerprint density at radius 1 is 0.430 bits per heavy atom. The molecule has 16 amide bonds. The van der Waals surface area contributed by atoms with E-state index in [1.165, 1.54) is 39.0 Å². The van der Waals surface area contributed by atoms with Crippen LogP contribution in [0.3, 0.4) is 0 Å². The minimum atomic E-state index is -1.25. The number of H-pyrrole nitrogens is 1. The Hall–Kier alpha value is -9.57. The maximum atomic E-state index is 14.4. The highest BCUT2D eigenvalue weighted by molar-refractivity contribution is 7.98. The summed E-state index contributed by atoms with van der Waals surface area (Å²) < 4.78 is 0. The number of thioether (sulfide) groups is 1. The molecule has 0 spiro atoms. The van der Waals surface area contributed by atoms with Gasteiger partial charge in [-0.25, -0.2) is 9.78 Å². The maximum absolute atomic E-state index is 14.4. The first-order valence-electron chi connectivity index (χ1n) is 42.8. The summed E-state index contributed by atoms with van der Waals surface area (Å²) in [4.78, 5) is 245. The van der Waals surface area contributed by atoms with Gasteiger partial charge in [-0.15, -0.1) is 0 Å². The van der Waals surface area contributed by atoms with Gasteiger partial charge in [0, 0.05) is 37.9 Å². The molecule has 1 aromatic rings. The van der Waals surface area contributed by atoms with Gasteiger partial charge in [0.25, 0.3) is 0 Å². The first-order chi connectivity index (χ1) is 57.2. The van der Waals surface area contributed by atoms with Crippen molar-refractivity contribution in [1.82, 2.24) is 93.8 Å². The average Bonchev–Trinajstić information content (AvgIpc) is 1.75. The van der Waals surface area contributed by atoms with E-state index in [4.69, 9.17) is 17.2 Å². The third-order valence-electron chi connectivity index (χ3n) is 21.0. The molecule has 39 nitrogen and oxygen atoms in total. The van der Waals surface area contributed by atoms with Crippen LogP contribution in [0.4, 0.5) is 0 Å². The zero-order valence-electron chi connectivity index (χ0n) is 72.9. The molecular formula is C81H139N21O18S. The molecule has 0 unspecified atom stereocenters. The lowest BCUT2D eigenvalue weighted by molar-refractivity contribution is -0.143. The van der Waals surface area contributed by atoms with Crippen LogP contribution < -0.4 is 86.3 Å². The van der Waals surface area contributed by atoms with Crippen molar-refractivity contribution in [2.45, 2.75) is 284 Å². The number of carbonyl (C=O) groups excluding carboxylic acids is 16. The fraction of sp³-hybridized carbons (Fsp3) is 0.753. The molecule has 0 saturated carbocycles. The number of carbonyl (C=O) groups is 17. The average molecular weight is 1730 g/mol. The summed E-state index contributed by atoms with van der Waals surface area (Å²) in [5, 5.41) is 44.5. The van der Waals surface area contributed by atoms with Crippen LogP contribution in [0.15, 0.2) is 12.5 Å². The highest BCUT2D eigenvalue weighted by Crippen LogP contribution is 2.23. The van der Waals surface area contributed by atoms with E-state index in [0.717, 1.165) is 0 Å². The Kier molecular flexibility index (Phi) is 45.8. The van der Waals surface area contributed by atoms with E-state index >= 15 is 0 Å². The number of carboxylic acid groups (broad SMARTS) is 1. The van der Waals surface area contributed by atoms with E-state index in [2.05, 4.69) is 79.1 Å². The molecule has 682 valence electrons.